The minimum absolute atomic E-state index is 0.170. The summed E-state index contributed by atoms with van der Waals surface area (Å²) in [6.45, 7) is 4.16. The van der Waals surface area contributed by atoms with Gasteiger partial charge in [0.2, 0.25) is 0 Å². The smallest absolute Gasteiger partial charge is 0.319 e. The number of carbonyl (C=O) groups is 2. The predicted octanol–water partition coefficient (Wildman–Crippen LogP) is 7.03. The molecule has 8 heteroatoms. The molecule has 2 amide bonds. The van der Waals surface area contributed by atoms with Gasteiger partial charge < -0.3 is 15.7 Å². The van der Waals surface area contributed by atoms with Gasteiger partial charge in [0.15, 0.2) is 0 Å². The van der Waals surface area contributed by atoms with E-state index in [2.05, 4.69) is 58.9 Å². The Bertz CT molecular complexity index is 1470. The maximum Gasteiger partial charge on any atom is 0.319 e. The molecule has 0 bridgehead atoms. The van der Waals surface area contributed by atoms with Crippen molar-refractivity contribution >= 4 is 39.2 Å². The third kappa shape index (κ3) is 7.06. The number of nitrogens with zero attached hydrogens (tertiary/aromatic N) is 2. The zero-order chi connectivity index (χ0) is 27.9. The summed E-state index contributed by atoms with van der Waals surface area (Å²) in [7, 11) is 0. The van der Waals surface area contributed by atoms with E-state index in [9.17, 15) is 9.59 Å². The van der Waals surface area contributed by atoms with Crippen LogP contribution >= 0.6 is 11.3 Å². The van der Waals surface area contributed by atoms with Crippen LogP contribution in [0, 0.1) is 6.92 Å². The van der Waals surface area contributed by atoms with Gasteiger partial charge in [0.05, 0.1) is 10.2 Å². The third-order valence-electron chi connectivity index (χ3n) is 7.46. The van der Waals surface area contributed by atoms with Gasteiger partial charge >= 0.3 is 12.0 Å². The van der Waals surface area contributed by atoms with Crippen molar-refractivity contribution in [2.24, 2.45) is 0 Å². The van der Waals surface area contributed by atoms with Gasteiger partial charge in [0.25, 0.3) is 0 Å². The summed E-state index contributed by atoms with van der Waals surface area (Å²) < 4.78 is 1.17. The van der Waals surface area contributed by atoms with Crippen LogP contribution in [-0.2, 0) is 11.2 Å². The van der Waals surface area contributed by atoms with Crippen molar-refractivity contribution in [2.45, 2.75) is 51.5 Å². The molecule has 0 saturated carbocycles. The number of aliphatic carboxylic acids is 1. The Morgan fingerprint density at radius 3 is 2.67 bits per heavy atom. The molecule has 1 unspecified atom stereocenters. The first-order chi connectivity index (χ1) is 19.5. The lowest BCUT2D eigenvalue weighted by molar-refractivity contribution is -0.137. The number of anilines is 1. The van der Waals surface area contributed by atoms with E-state index in [0.29, 0.717) is 19.0 Å². The van der Waals surface area contributed by atoms with E-state index in [1.54, 1.807) is 11.3 Å². The highest BCUT2D eigenvalue weighted by molar-refractivity contribution is 7.21. The van der Waals surface area contributed by atoms with E-state index >= 15 is 0 Å². The number of aromatic nitrogens is 1. The minimum atomic E-state index is -0.759. The number of benzene rings is 3. The summed E-state index contributed by atoms with van der Waals surface area (Å²) in [6.07, 6.45) is 4.88. The van der Waals surface area contributed by atoms with E-state index in [4.69, 9.17) is 10.1 Å². The first kappa shape index (κ1) is 27.8. The molecule has 3 N–H and O–H groups in total. The predicted molar refractivity (Wildman–Crippen MR) is 162 cm³/mol. The molecule has 1 atom stereocenters. The highest BCUT2D eigenvalue weighted by Crippen LogP contribution is 2.34. The number of hydrogen-bond acceptors (Lipinski definition) is 5. The highest BCUT2D eigenvalue weighted by atomic mass is 32.1. The van der Waals surface area contributed by atoms with Gasteiger partial charge in [-0.1, -0.05) is 30.3 Å². The molecule has 0 spiro atoms. The zero-order valence-corrected chi connectivity index (χ0v) is 23.7. The lowest BCUT2D eigenvalue weighted by Gasteiger charge is -2.36. The van der Waals surface area contributed by atoms with Crippen LogP contribution in [0.15, 0.2) is 66.7 Å². The van der Waals surface area contributed by atoms with Crippen LogP contribution in [0.5, 0.6) is 0 Å². The molecule has 5 rings (SSSR count). The molecule has 0 fully saturated rings. The van der Waals surface area contributed by atoms with Crippen LogP contribution in [0.3, 0.4) is 0 Å². The second-order valence-corrected chi connectivity index (χ2v) is 11.5. The number of hydrogen-bond donors (Lipinski definition) is 3. The number of thiazole rings is 1. The average molecular weight is 557 g/mol. The first-order valence-corrected chi connectivity index (χ1v) is 14.8. The van der Waals surface area contributed by atoms with Gasteiger partial charge in [0.1, 0.15) is 5.01 Å². The summed E-state index contributed by atoms with van der Waals surface area (Å²) in [5.74, 6) is -0.759. The Morgan fingerprint density at radius 2 is 1.85 bits per heavy atom. The molecule has 0 saturated heterocycles. The average Bonchev–Trinajstić information content (AvgIpc) is 3.37. The molecule has 1 aliphatic rings. The van der Waals surface area contributed by atoms with Gasteiger partial charge in [-0.3, -0.25) is 9.69 Å². The maximum absolute atomic E-state index is 12.6. The summed E-state index contributed by atoms with van der Waals surface area (Å²) >= 11 is 1.67. The summed E-state index contributed by atoms with van der Waals surface area (Å²) in [6, 6.07) is 22.7. The minimum Gasteiger partial charge on any atom is -0.481 e. The zero-order valence-electron chi connectivity index (χ0n) is 22.9. The molecular formula is C32H36N4O3S. The molecule has 0 aliphatic heterocycles. The van der Waals surface area contributed by atoms with Gasteiger partial charge in [-0.05, 0) is 98.7 Å². The van der Waals surface area contributed by atoms with Crippen molar-refractivity contribution in [1.82, 2.24) is 15.2 Å². The largest absolute Gasteiger partial charge is 0.481 e. The molecule has 1 heterocycles. The summed E-state index contributed by atoms with van der Waals surface area (Å²) in [5.41, 5.74) is 6.73. The quantitative estimate of drug-likeness (QED) is 0.173. The van der Waals surface area contributed by atoms with Crippen molar-refractivity contribution < 1.29 is 14.7 Å². The molecule has 4 aromatic rings. The number of aryl methyl sites for hydroxylation is 2. The molecule has 40 heavy (non-hydrogen) atoms. The Hall–Kier alpha value is -3.75. The SMILES string of the molecule is Cc1ccc2nc(-c3ccc(NC(=O)NCCCN(CCCC(=O)O)C4CCCc5ccccc54)cc3)sc2c1. The lowest BCUT2D eigenvalue weighted by atomic mass is 9.86. The standard InChI is InChI=1S/C32H36N4O3S/c1-22-12-17-27-29(21-22)40-31(35-27)24-13-15-25(16-14-24)34-32(39)33-18-6-20-36(19-5-11-30(37)38)28-10-4-8-23-7-2-3-9-26(23)28/h2-3,7,9,12-17,21,28H,4-6,8,10-11,18-20H2,1H3,(H,37,38)(H2,33,34,39). The number of carboxylic acid groups (broad SMARTS) is 1. The lowest BCUT2D eigenvalue weighted by Crippen LogP contribution is -2.36. The summed E-state index contributed by atoms with van der Waals surface area (Å²) in [4.78, 5) is 30.8. The number of fused-ring (bicyclic) bond motifs is 2. The number of carbonyl (C=O) groups excluding carboxylic acids is 1. The van der Waals surface area contributed by atoms with E-state index in [1.807, 2.05) is 30.3 Å². The van der Waals surface area contributed by atoms with E-state index < -0.39 is 5.97 Å². The van der Waals surface area contributed by atoms with Crippen LogP contribution in [0.25, 0.3) is 20.8 Å². The Labute approximate surface area is 239 Å². The van der Waals surface area contributed by atoms with Crippen molar-refractivity contribution in [3.63, 3.8) is 0 Å². The second kappa shape index (κ2) is 13.1. The van der Waals surface area contributed by atoms with E-state index in [-0.39, 0.29) is 12.5 Å². The molecular weight excluding hydrogens is 520 g/mol. The molecule has 208 valence electrons. The van der Waals surface area contributed by atoms with Gasteiger partial charge in [-0.2, -0.15) is 0 Å². The van der Waals surface area contributed by atoms with Crippen LogP contribution in [-0.4, -0.2) is 46.6 Å². The number of rotatable bonds is 11. The fourth-order valence-corrected chi connectivity index (χ4v) is 6.54. The molecule has 1 aliphatic carbocycles. The second-order valence-electron chi connectivity index (χ2n) is 10.4. The fraction of sp³-hybridized carbons (Fsp3) is 0.344. The van der Waals surface area contributed by atoms with Crippen LogP contribution in [0.4, 0.5) is 10.5 Å². The van der Waals surface area contributed by atoms with Crippen molar-refractivity contribution in [2.75, 3.05) is 25.0 Å². The topological polar surface area (TPSA) is 94.6 Å². The molecule has 7 nitrogen and oxygen atoms in total. The van der Waals surface area contributed by atoms with Gasteiger partial charge in [-0.15, -0.1) is 11.3 Å². The number of urea groups is 1. The Kier molecular flexibility index (Phi) is 9.08. The van der Waals surface area contributed by atoms with Gasteiger partial charge in [0, 0.05) is 36.8 Å². The Morgan fingerprint density at radius 1 is 1.05 bits per heavy atom. The summed E-state index contributed by atoms with van der Waals surface area (Å²) in [5, 5.41) is 16.0. The van der Waals surface area contributed by atoms with E-state index in [0.717, 1.165) is 60.5 Å². The first-order valence-electron chi connectivity index (χ1n) is 14.0. The number of amides is 2. The van der Waals surface area contributed by atoms with E-state index in [1.165, 1.54) is 21.4 Å². The fourth-order valence-electron chi connectivity index (χ4n) is 5.48. The van der Waals surface area contributed by atoms with Crippen molar-refractivity contribution in [1.29, 1.82) is 0 Å². The third-order valence-corrected chi connectivity index (χ3v) is 8.52. The van der Waals surface area contributed by atoms with Crippen LogP contribution in [0.1, 0.15) is 54.8 Å². The van der Waals surface area contributed by atoms with Crippen LogP contribution < -0.4 is 10.6 Å². The molecule has 0 radical (unpaired) electrons. The monoisotopic (exact) mass is 556 g/mol. The maximum atomic E-state index is 12.6. The van der Waals surface area contributed by atoms with Crippen molar-refractivity contribution in [3.05, 3.63) is 83.4 Å². The molecule has 3 aromatic carbocycles. The normalized spacial score (nSPS) is 14.7. The van der Waals surface area contributed by atoms with Crippen molar-refractivity contribution in [3.8, 4) is 10.6 Å². The number of nitrogens with one attached hydrogen (secondary N) is 2. The van der Waals surface area contributed by atoms with Gasteiger partial charge in [-0.25, -0.2) is 9.78 Å². The Balaban J connectivity index is 1.12. The number of carboxylic acids is 1. The highest BCUT2D eigenvalue weighted by Gasteiger charge is 2.25. The molecule has 1 aromatic heterocycles. The van der Waals surface area contributed by atoms with Crippen LogP contribution in [0.2, 0.25) is 0 Å².